The number of ether oxygens (including phenoxy) is 1. The maximum atomic E-state index is 10.8. The van der Waals surface area contributed by atoms with Crippen LogP contribution >= 0.6 is 25.3 Å². The first-order chi connectivity index (χ1) is 6.43. The predicted molar refractivity (Wildman–Crippen MR) is 59.0 cm³/mol. The smallest absolute Gasteiger partial charge is 0.331 e. The summed E-state index contributed by atoms with van der Waals surface area (Å²) in [5, 5.41) is 8.03. The molecule has 0 saturated heterocycles. The van der Waals surface area contributed by atoms with Crippen LogP contribution in [0, 0.1) is 0 Å². The van der Waals surface area contributed by atoms with Crippen molar-refractivity contribution in [2.24, 2.45) is 0 Å². The van der Waals surface area contributed by atoms with Gasteiger partial charge in [0.15, 0.2) is 0 Å². The third-order valence-corrected chi connectivity index (χ3v) is 2.51. The molecule has 0 aliphatic carbocycles. The van der Waals surface area contributed by atoms with Gasteiger partial charge < -0.3 is 9.84 Å². The van der Waals surface area contributed by atoms with E-state index in [4.69, 9.17) is 9.84 Å². The molecular weight excluding hydrogens is 224 g/mol. The minimum Gasteiger partial charge on any atom is -0.478 e. The summed E-state index contributed by atoms with van der Waals surface area (Å²) in [5.74, 6) is -1.88. The summed E-state index contributed by atoms with van der Waals surface area (Å²) in [6.45, 7) is 1.93. The van der Waals surface area contributed by atoms with Gasteiger partial charge in [-0.1, -0.05) is 6.92 Å². The van der Waals surface area contributed by atoms with Crippen molar-refractivity contribution >= 4 is 37.2 Å². The number of carboxylic acids is 1. The molecule has 0 rings (SSSR count). The molecule has 14 heavy (non-hydrogen) atoms. The number of rotatable bonds is 5. The Morgan fingerprint density at radius 3 is 2.43 bits per heavy atom. The molecule has 0 radical (unpaired) electrons. The first-order valence-electron chi connectivity index (χ1n) is 3.87. The van der Waals surface area contributed by atoms with Crippen LogP contribution in [-0.4, -0.2) is 34.2 Å². The SMILES string of the molecule is CC(S)C(S)COC(=O)C=CC(=O)O. The zero-order valence-electron chi connectivity index (χ0n) is 7.58. The van der Waals surface area contributed by atoms with Gasteiger partial charge in [0.25, 0.3) is 0 Å². The Kier molecular flexibility index (Phi) is 6.48. The highest BCUT2D eigenvalue weighted by Gasteiger charge is 2.10. The number of esters is 1. The standard InChI is InChI=1S/C8H12O4S2/c1-5(13)6(14)4-12-8(11)3-2-7(9)10/h2-3,5-6,13-14H,4H2,1H3,(H,9,10). The van der Waals surface area contributed by atoms with Gasteiger partial charge in [-0.25, -0.2) is 9.59 Å². The van der Waals surface area contributed by atoms with Crippen molar-refractivity contribution in [1.82, 2.24) is 0 Å². The predicted octanol–water partition coefficient (Wildman–Crippen LogP) is 0.787. The average molecular weight is 236 g/mol. The van der Waals surface area contributed by atoms with Gasteiger partial charge in [-0.05, 0) is 0 Å². The molecule has 0 amide bonds. The van der Waals surface area contributed by atoms with Crippen LogP contribution in [0.1, 0.15) is 6.92 Å². The average Bonchev–Trinajstić information content (AvgIpc) is 2.10. The molecule has 0 aromatic heterocycles. The van der Waals surface area contributed by atoms with Crippen LogP contribution in [0.2, 0.25) is 0 Å². The fourth-order valence-corrected chi connectivity index (χ4v) is 0.655. The van der Waals surface area contributed by atoms with E-state index in [1.165, 1.54) is 0 Å². The van der Waals surface area contributed by atoms with Crippen molar-refractivity contribution in [1.29, 1.82) is 0 Å². The van der Waals surface area contributed by atoms with Gasteiger partial charge in [0.1, 0.15) is 6.61 Å². The van der Waals surface area contributed by atoms with E-state index in [-0.39, 0.29) is 17.1 Å². The molecule has 2 atom stereocenters. The van der Waals surface area contributed by atoms with E-state index < -0.39 is 11.9 Å². The van der Waals surface area contributed by atoms with E-state index in [0.29, 0.717) is 0 Å². The summed E-state index contributed by atoms with van der Waals surface area (Å²) in [5.41, 5.74) is 0. The fourth-order valence-electron chi connectivity index (χ4n) is 0.494. The highest BCUT2D eigenvalue weighted by molar-refractivity contribution is 7.85. The third-order valence-electron chi connectivity index (χ3n) is 1.32. The molecule has 0 aliphatic rings. The lowest BCUT2D eigenvalue weighted by Gasteiger charge is -2.12. The molecule has 1 N–H and O–H groups in total. The number of carboxylic acid groups (broad SMARTS) is 1. The molecule has 0 aromatic carbocycles. The summed E-state index contributed by atoms with van der Waals surface area (Å²) in [6, 6.07) is 0. The summed E-state index contributed by atoms with van der Waals surface area (Å²) < 4.78 is 4.70. The summed E-state index contributed by atoms with van der Waals surface area (Å²) in [4.78, 5) is 20.9. The number of carbonyl (C=O) groups excluding carboxylic acids is 1. The van der Waals surface area contributed by atoms with Gasteiger partial charge in [-0.2, -0.15) is 25.3 Å². The second-order valence-electron chi connectivity index (χ2n) is 2.61. The van der Waals surface area contributed by atoms with E-state index >= 15 is 0 Å². The Labute approximate surface area is 93.1 Å². The van der Waals surface area contributed by atoms with Crippen LogP contribution in [0.15, 0.2) is 12.2 Å². The number of thiol groups is 2. The summed E-state index contributed by atoms with van der Waals surface area (Å²) >= 11 is 8.21. The van der Waals surface area contributed by atoms with Crippen LogP contribution in [0.3, 0.4) is 0 Å². The maximum Gasteiger partial charge on any atom is 0.331 e. The molecule has 0 bridgehead atoms. The molecule has 2 unspecified atom stereocenters. The summed E-state index contributed by atoms with van der Waals surface area (Å²) in [7, 11) is 0. The maximum absolute atomic E-state index is 10.8. The molecule has 0 aromatic rings. The van der Waals surface area contributed by atoms with Crippen molar-refractivity contribution in [3.05, 3.63) is 12.2 Å². The molecule has 80 valence electrons. The number of aliphatic carboxylic acids is 1. The van der Waals surface area contributed by atoms with Crippen molar-refractivity contribution in [3.63, 3.8) is 0 Å². The number of hydrogen-bond acceptors (Lipinski definition) is 5. The molecule has 0 aliphatic heterocycles. The highest BCUT2D eigenvalue weighted by Crippen LogP contribution is 2.08. The zero-order chi connectivity index (χ0) is 11.1. The second kappa shape index (κ2) is 6.78. The molecule has 0 fully saturated rings. The van der Waals surface area contributed by atoms with Gasteiger partial charge >= 0.3 is 11.9 Å². The molecular formula is C8H12O4S2. The molecule has 0 saturated carbocycles. The van der Waals surface area contributed by atoms with Gasteiger partial charge in [0, 0.05) is 22.7 Å². The van der Waals surface area contributed by atoms with Crippen LogP contribution < -0.4 is 0 Å². The quantitative estimate of drug-likeness (QED) is 0.375. The van der Waals surface area contributed by atoms with Gasteiger partial charge in [-0.15, -0.1) is 0 Å². The summed E-state index contributed by atoms with van der Waals surface area (Å²) in [6.07, 6.45) is 1.58. The number of carbonyl (C=O) groups is 2. The van der Waals surface area contributed by atoms with Crippen molar-refractivity contribution in [3.8, 4) is 0 Å². The normalized spacial score (nSPS) is 15.1. The monoisotopic (exact) mass is 236 g/mol. The second-order valence-corrected chi connectivity index (χ2v) is 4.09. The lowest BCUT2D eigenvalue weighted by atomic mass is 10.3. The minimum absolute atomic E-state index is 0.00501. The topological polar surface area (TPSA) is 63.6 Å². The zero-order valence-corrected chi connectivity index (χ0v) is 9.37. The van der Waals surface area contributed by atoms with Crippen molar-refractivity contribution < 1.29 is 19.4 Å². The molecule has 0 spiro atoms. The Morgan fingerprint density at radius 1 is 1.43 bits per heavy atom. The largest absolute Gasteiger partial charge is 0.478 e. The number of hydrogen-bond donors (Lipinski definition) is 3. The lowest BCUT2D eigenvalue weighted by Crippen LogP contribution is -2.20. The van der Waals surface area contributed by atoms with E-state index in [1.54, 1.807) is 0 Å². The van der Waals surface area contributed by atoms with E-state index in [1.807, 2.05) is 6.92 Å². The van der Waals surface area contributed by atoms with E-state index in [9.17, 15) is 9.59 Å². The Morgan fingerprint density at radius 2 is 2.00 bits per heavy atom. The van der Waals surface area contributed by atoms with E-state index in [2.05, 4.69) is 25.3 Å². The molecule has 0 heterocycles. The van der Waals surface area contributed by atoms with Crippen LogP contribution in [0.4, 0.5) is 0 Å². The van der Waals surface area contributed by atoms with Crippen LogP contribution in [0.5, 0.6) is 0 Å². The van der Waals surface area contributed by atoms with Crippen LogP contribution in [-0.2, 0) is 14.3 Å². The minimum atomic E-state index is -1.19. The Bertz CT molecular complexity index is 237. The molecule has 4 nitrogen and oxygen atoms in total. The molecule has 6 heteroatoms. The van der Waals surface area contributed by atoms with Gasteiger partial charge in [0.05, 0.1) is 0 Å². The van der Waals surface area contributed by atoms with E-state index in [0.717, 1.165) is 12.2 Å². The fraction of sp³-hybridized carbons (Fsp3) is 0.500. The van der Waals surface area contributed by atoms with Crippen LogP contribution in [0.25, 0.3) is 0 Å². The lowest BCUT2D eigenvalue weighted by molar-refractivity contribution is -0.138. The first-order valence-corrected chi connectivity index (χ1v) is 4.90. The van der Waals surface area contributed by atoms with Crippen molar-refractivity contribution in [2.45, 2.75) is 17.4 Å². The Hall–Kier alpha value is -0.620. The highest BCUT2D eigenvalue weighted by atomic mass is 32.1. The Balaban J connectivity index is 3.80. The van der Waals surface area contributed by atoms with Crippen molar-refractivity contribution in [2.75, 3.05) is 6.61 Å². The van der Waals surface area contributed by atoms with Gasteiger partial charge in [-0.3, -0.25) is 0 Å². The van der Waals surface area contributed by atoms with Gasteiger partial charge in [0.2, 0.25) is 0 Å². The first kappa shape index (κ1) is 13.4. The third kappa shape index (κ3) is 6.85.